The van der Waals surface area contributed by atoms with Gasteiger partial charge in [0.25, 0.3) is 0 Å². The summed E-state index contributed by atoms with van der Waals surface area (Å²) in [6.45, 7) is 3.15. The molecule has 3 nitrogen and oxygen atoms in total. The number of hydrogen-bond donors (Lipinski definition) is 1. The van der Waals surface area contributed by atoms with Crippen LogP contribution in [0.5, 0.6) is 0 Å². The smallest absolute Gasteiger partial charge is 0.337 e. The summed E-state index contributed by atoms with van der Waals surface area (Å²) in [6, 6.07) is 3.74. The fraction of sp³-hybridized carbons (Fsp3) is 0.300. The highest BCUT2D eigenvalue weighted by Gasteiger charge is 2.41. The van der Waals surface area contributed by atoms with Gasteiger partial charge in [0.1, 0.15) is 0 Å². The van der Waals surface area contributed by atoms with Crippen LogP contribution in [0.3, 0.4) is 0 Å². The Morgan fingerprint density at radius 2 is 2.29 bits per heavy atom. The molecule has 14 heavy (non-hydrogen) atoms. The van der Waals surface area contributed by atoms with E-state index in [0.717, 1.165) is 4.88 Å². The van der Waals surface area contributed by atoms with Gasteiger partial charge in [-0.3, -0.25) is 0 Å². The van der Waals surface area contributed by atoms with Crippen molar-refractivity contribution in [3.05, 3.63) is 28.0 Å². The van der Waals surface area contributed by atoms with Gasteiger partial charge in [-0.05, 0) is 18.4 Å². The van der Waals surface area contributed by atoms with Gasteiger partial charge >= 0.3 is 5.97 Å². The number of esters is 1. The minimum absolute atomic E-state index is 0.446. The van der Waals surface area contributed by atoms with Crippen LogP contribution in [0.25, 0.3) is 5.57 Å². The van der Waals surface area contributed by atoms with Crippen LogP contribution in [0.15, 0.2) is 23.1 Å². The number of carbonyl (C=O) groups excluding carboxylic acids is 1. The number of hydrogen-bond acceptors (Lipinski definition) is 4. The molecule has 0 spiro atoms. The summed E-state index contributed by atoms with van der Waals surface area (Å²) in [5.74, 6) is -1.93. The molecule has 1 atom stereocenters. The third kappa shape index (κ3) is 1.27. The molecular formula is C10H10O3S. The number of carbonyl (C=O) groups is 1. The van der Waals surface area contributed by atoms with Crippen molar-refractivity contribution >= 4 is 22.9 Å². The summed E-state index contributed by atoms with van der Waals surface area (Å²) in [5.41, 5.74) is 1.06. The molecular weight excluding hydrogens is 200 g/mol. The van der Waals surface area contributed by atoms with Crippen molar-refractivity contribution in [3.63, 3.8) is 0 Å². The minimum atomic E-state index is -1.48. The lowest BCUT2D eigenvalue weighted by molar-refractivity contribution is -0.170. The van der Waals surface area contributed by atoms with E-state index in [0.29, 0.717) is 11.1 Å². The van der Waals surface area contributed by atoms with E-state index in [4.69, 9.17) is 4.74 Å². The zero-order valence-electron chi connectivity index (χ0n) is 7.90. The summed E-state index contributed by atoms with van der Waals surface area (Å²) in [7, 11) is 0. The second-order valence-electron chi connectivity index (χ2n) is 3.35. The third-order valence-corrected chi connectivity index (χ3v) is 3.09. The molecule has 1 aliphatic rings. The van der Waals surface area contributed by atoms with Crippen LogP contribution in [0.2, 0.25) is 0 Å². The largest absolute Gasteiger partial charge is 0.426 e. The predicted molar refractivity (Wildman–Crippen MR) is 53.6 cm³/mol. The number of ether oxygens (including phenoxy) is 1. The molecule has 0 aliphatic carbocycles. The fourth-order valence-electron chi connectivity index (χ4n) is 1.59. The van der Waals surface area contributed by atoms with E-state index >= 15 is 0 Å². The average Bonchev–Trinajstić information content (AvgIpc) is 2.60. The standard InChI is InChI=1S/C10H10O3S/c1-6-8(7-4-3-5-14-7)10(2,12)13-9(6)11/h3-5,12H,1-2H3. The first kappa shape index (κ1) is 9.43. The SMILES string of the molecule is CC1=C(c2cccs2)C(C)(O)OC1=O. The Morgan fingerprint density at radius 3 is 2.71 bits per heavy atom. The molecule has 0 amide bonds. The van der Waals surface area contributed by atoms with Crippen LogP contribution < -0.4 is 0 Å². The Hall–Kier alpha value is -1.13. The highest BCUT2D eigenvalue weighted by Crippen LogP contribution is 2.39. The maximum atomic E-state index is 11.3. The van der Waals surface area contributed by atoms with Gasteiger partial charge in [0, 0.05) is 17.4 Å². The van der Waals surface area contributed by atoms with Gasteiger partial charge in [-0.2, -0.15) is 0 Å². The van der Waals surface area contributed by atoms with Gasteiger partial charge in [-0.25, -0.2) is 4.79 Å². The average molecular weight is 210 g/mol. The lowest BCUT2D eigenvalue weighted by atomic mass is 10.0. The Balaban J connectivity index is 2.56. The van der Waals surface area contributed by atoms with Gasteiger partial charge in [0.15, 0.2) is 0 Å². The number of aliphatic hydroxyl groups is 1. The van der Waals surface area contributed by atoms with Crippen molar-refractivity contribution in [2.45, 2.75) is 19.6 Å². The Labute approximate surface area is 85.6 Å². The zero-order chi connectivity index (χ0) is 10.3. The van der Waals surface area contributed by atoms with Gasteiger partial charge < -0.3 is 9.84 Å². The molecule has 0 saturated carbocycles. The Bertz CT molecular complexity index is 401. The first-order chi connectivity index (χ1) is 6.52. The van der Waals surface area contributed by atoms with Crippen molar-refractivity contribution in [3.8, 4) is 0 Å². The van der Waals surface area contributed by atoms with Gasteiger partial charge in [0.05, 0.1) is 5.57 Å². The molecule has 2 rings (SSSR count). The van der Waals surface area contributed by atoms with Crippen molar-refractivity contribution in [1.29, 1.82) is 0 Å². The molecule has 1 aromatic heterocycles. The summed E-state index contributed by atoms with van der Waals surface area (Å²) >= 11 is 1.48. The number of rotatable bonds is 1. The van der Waals surface area contributed by atoms with Crippen molar-refractivity contribution < 1.29 is 14.6 Å². The summed E-state index contributed by atoms with van der Waals surface area (Å²) in [6.07, 6.45) is 0. The fourth-order valence-corrected chi connectivity index (χ4v) is 2.51. The zero-order valence-corrected chi connectivity index (χ0v) is 8.72. The van der Waals surface area contributed by atoms with Crippen LogP contribution in [-0.4, -0.2) is 16.9 Å². The molecule has 1 N–H and O–H groups in total. The van der Waals surface area contributed by atoms with Crippen LogP contribution >= 0.6 is 11.3 Å². The molecule has 0 bridgehead atoms. The van der Waals surface area contributed by atoms with E-state index in [1.54, 1.807) is 6.92 Å². The monoisotopic (exact) mass is 210 g/mol. The van der Waals surface area contributed by atoms with E-state index in [1.807, 2.05) is 17.5 Å². The molecule has 1 aromatic rings. The summed E-state index contributed by atoms with van der Waals surface area (Å²) < 4.78 is 4.85. The molecule has 0 fully saturated rings. The summed E-state index contributed by atoms with van der Waals surface area (Å²) in [4.78, 5) is 12.1. The number of thiophene rings is 1. The molecule has 1 unspecified atom stereocenters. The minimum Gasteiger partial charge on any atom is -0.426 e. The highest BCUT2D eigenvalue weighted by molar-refractivity contribution is 7.11. The summed E-state index contributed by atoms with van der Waals surface area (Å²) in [5, 5.41) is 11.8. The van der Waals surface area contributed by atoms with E-state index in [-0.39, 0.29) is 0 Å². The molecule has 0 saturated heterocycles. The highest BCUT2D eigenvalue weighted by atomic mass is 32.1. The Kier molecular flexibility index (Phi) is 1.97. The van der Waals surface area contributed by atoms with Gasteiger partial charge in [-0.1, -0.05) is 6.07 Å². The predicted octanol–water partition coefficient (Wildman–Crippen LogP) is 1.79. The molecule has 0 aromatic carbocycles. The topological polar surface area (TPSA) is 46.5 Å². The van der Waals surface area contributed by atoms with Crippen LogP contribution in [0.4, 0.5) is 0 Å². The second-order valence-corrected chi connectivity index (χ2v) is 4.30. The van der Waals surface area contributed by atoms with E-state index in [2.05, 4.69) is 0 Å². The maximum absolute atomic E-state index is 11.3. The van der Waals surface area contributed by atoms with Crippen LogP contribution in [-0.2, 0) is 9.53 Å². The van der Waals surface area contributed by atoms with Crippen molar-refractivity contribution in [1.82, 2.24) is 0 Å². The molecule has 1 aliphatic heterocycles. The Morgan fingerprint density at radius 1 is 1.57 bits per heavy atom. The van der Waals surface area contributed by atoms with Crippen LogP contribution in [0.1, 0.15) is 18.7 Å². The normalized spacial score (nSPS) is 26.9. The molecule has 74 valence electrons. The van der Waals surface area contributed by atoms with Crippen molar-refractivity contribution in [2.75, 3.05) is 0 Å². The lowest BCUT2D eigenvalue weighted by Gasteiger charge is -2.18. The quantitative estimate of drug-likeness (QED) is 0.719. The number of cyclic esters (lactones) is 1. The van der Waals surface area contributed by atoms with Gasteiger partial charge in [-0.15, -0.1) is 11.3 Å². The first-order valence-electron chi connectivity index (χ1n) is 4.23. The lowest BCUT2D eigenvalue weighted by Crippen LogP contribution is -2.25. The molecule has 0 radical (unpaired) electrons. The van der Waals surface area contributed by atoms with Gasteiger partial charge in [0.2, 0.25) is 5.79 Å². The third-order valence-electron chi connectivity index (χ3n) is 2.20. The van der Waals surface area contributed by atoms with Crippen molar-refractivity contribution in [2.24, 2.45) is 0 Å². The maximum Gasteiger partial charge on any atom is 0.337 e. The van der Waals surface area contributed by atoms with Crippen LogP contribution in [0, 0.1) is 0 Å². The van der Waals surface area contributed by atoms with E-state index in [1.165, 1.54) is 18.3 Å². The first-order valence-corrected chi connectivity index (χ1v) is 5.11. The molecule has 2 heterocycles. The van der Waals surface area contributed by atoms with E-state index in [9.17, 15) is 9.90 Å². The molecule has 4 heteroatoms. The second kappa shape index (κ2) is 2.93. The van der Waals surface area contributed by atoms with E-state index < -0.39 is 11.8 Å².